The van der Waals surface area contributed by atoms with Crippen LogP contribution in [0.5, 0.6) is 5.75 Å². The number of hydrogen-bond acceptors (Lipinski definition) is 6. The van der Waals surface area contributed by atoms with Crippen molar-refractivity contribution in [3.05, 3.63) is 71.2 Å². The van der Waals surface area contributed by atoms with Crippen molar-refractivity contribution >= 4 is 5.91 Å². The van der Waals surface area contributed by atoms with Crippen molar-refractivity contribution in [2.24, 2.45) is 7.05 Å². The molecule has 1 aliphatic heterocycles. The summed E-state index contributed by atoms with van der Waals surface area (Å²) in [6, 6.07) is 13.3. The summed E-state index contributed by atoms with van der Waals surface area (Å²) >= 11 is 0. The summed E-state index contributed by atoms with van der Waals surface area (Å²) in [6.45, 7) is 0.915. The van der Waals surface area contributed by atoms with E-state index in [1.807, 2.05) is 7.05 Å². The minimum Gasteiger partial charge on any atom is -0.497 e. The molecule has 0 atom stereocenters. The van der Waals surface area contributed by atoms with Crippen LogP contribution in [0.1, 0.15) is 21.6 Å². The van der Waals surface area contributed by atoms with Crippen molar-refractivity contribution in [3.8, 4) is 28.8 Å². The molecule has 0 bridgehead atoms. The molecule has 4 aromatic rings. The Morgan fingerprint density at radius 3 is 2.75 bits per heavy atom. The molecule has 0 unspecified atom stereocenters. The number of ether oxygens (including phenoxy) is 1. The predicted molar refractivity (Wildman–Crippen MR) is 113 cm³/mol. The van der Waals surface area contributed by atoms with Gasteiger partial charge >= 0.3 is 0 Å². The number of benzene rings is 2. The second-order valence-corrected chi connectivity index (χ2v) is 7.50. The zero-order valence-corrected chi connectivity index (χ0v) is 17.6. The van der Waals surface area contributed by atoms with Gasteiger partial charge in [0.2, 0.25) is 0 Å². The molecule has 8 nitrogen and oxygen atoms in total. The number of rotatable bonds is 4. The second kappa shape index (κ2) is 7.92. The Kier molecular flexibility index (Phi) is 4.93. The quantitative estimate of drug-likeness (QED) is 0.490. The molecule has 2 aromatic heterocycles. The number of fused-ring (bicyclic) bond motifs is 1. The molecule has 0 N–H and O–H groups in total. The maximum absolute atomic E-state index is 14.1. The van der Waals surface area contributed by atoms with E-state index >= 15 is 0 Å². The fourth-order valence-electron chi connectivity index (χ4n) is 3.94. The number of aromatic nitrogens is 4. The number of amides is 1. The highest BCUT2D eigenvalue weighted by atomic mass is 19.1. The average Bonchev–Trinajstić information content (AvgIpc) is 3.43. The monoisotopic (exact) mass is 433 g/mol. The third-order valence-corrected chi connectivity index (χ3v) is 5.58. The van der Waals surface area contributed by atoms with Gasteiger partial charge in [-0.15, -0.1) is 10.2 Å². The van der Waals surface area contributed by atoms with E-state index in [9.17, 15) is 9.18 Å². The van der Waals surface area contributed by atoms with Gasteiger partial charge in [0.25, 0.3) is 17.7 Å². The lowest BCUT2D eigenvalue weighted by molar-refractivity contribution is 0.0733. The van der Waals surface area contributed by atoms with E-state index in [4.69, 9.17) is 9.15 Å². The average molecular weight is 433 g/mol. The van der Waals surface area contributed by atoms with Gasteiger partial charge in [0.05, 0.1) is 19.2 Å². The van der Waals surface area contributed by atoms with Gasteiger partial charge < -0.3 is 14.1 Å². The van der Waals surface area contributed by atoms with E-state index in [1.165, 1.54) is 6.07 Å². The highest BCUT2D eigenvalue weighted by Gasteiger charge is 2.30. The Morgan fingerprint density at radius 1 is 1.12 bits per heavy atom. The molecule has 0 radical (unpaired) electrons. The summed E-state index contributed by atoms with van der Waals surface area (Å²) < 4.78 is 26.9. The zero-order chi connectivity index (χ0) is 22.2. The lowest BCUT2D eigenvalue weighted by Gasteiger charge is -2.27. The molecule has 1 aliphatic rings. The molecule has 3 heterocycles. The SMILES string of the molecule is COc1cccc(C(=O)N2CCc3c(c(-c4nnc(-c5ccccc5F)o4)nn3C)C2)c1. The van der Waals surface area contributed by atoms with Crippen LogP contribution in [0.3, 0.4) is 0 Å². The maximum Gasteiger partial charge on any atom is 0.268 e. The molecule has 0 spiro atoms. The van der Waals surface area contributed by atoms with Crippen LogP contribution in [0.4, 0.5) is 4.39 Å². The van der Waals surface area contributed by atoms with E-state index in [-0.39, 0.29) is 23.3 Å². The maximum atomic E-state index is 14.1. The second-order valence-electron chi connectivity index (χ2n) is 7.50. The largest absolute Gasteiger partial charge is 0.497 e. The van der Waals surface area contributed by atoms with Crippen LogP contribution < -0.4 is 4.74 Å². The minimum absolute atomic E-state index is 0.0811. The van der Waals surface area contributed by atoms with Crippen LogP contribution >= 0.6 is 0 Å². The van der Waals surface area contributed by atoms with Gasteiger partial charge in [-0.1, -0.05) is 18.2 Å². The Balaban J connectivity index is 1.46. The fraction of sp³-hybridized carbons (Fsp3) is 0.217. The van der Waals surface area contributed by atoms with E-state index < -0.39 is 5.82 Å². The number of nitrogens with zero attached hydrogens (tertiary/aromatic N) is 5. The number of aryl methyl sites for hydroxylation is 1. The minimum atomic E-state index is -0.444. The van der Waals surface area contributed by atoms with Gasteiger partial charge in [-0.05, 0) is 30.3 Å². The van der Waals surface area contributed by atoms with Crippen molar-refractivity contribution < 1.29 is 18.3 Å². The molecule has 162 valence electrons. The molecule has 0 aliphatic carbocycles. The van der Waals surface area contributed by atoms with Gasteiger partial charge in [0, 0.05) is 36.8 Å². The smallest absolute Gasteiger partial charge is 0.268 e. The first-order valence-electron chi connectivity index (χ1n) is 10.1. The third-order valence-electron chi connectivity index (χ3n) is 5.58. The topological polar surface area (TPSA) is 86.3 Å². The number of methoxy groups -OCH3 is 1. The first-order valence-corrected chi connectivity index (χ1v) is 10.1. The van der Waals surface area contributed by atoms with E-state index in [2.05, 4.69) is 15.3 Å². The predicted octanol–water partition coefficient (Wildman–Crippen LogP) is 3.48. The van der Waals surface area contributed by atoms with Crippen LogP contribution in [0, 0.1) is 5.82 Å². The van der Waals surface area contributed by atoms with Crippen molar-refractivity contribution in [1.29, 1.82) is 0 Å². The Labute approximate surface area is 183 Å². The molecule has 2 aromatic carbocycles. The summed E-state index contributed by atoms with van der Waals surface area (Å²) in [6.07, 6.45) is 0.642. The van der Waals surface area contributed by atoms with Gasteiger partial charge in [-0.3, -0.25) is 9.48 Å². The summed E-state index contributed by atoms with van der Waals surface area (Å²) in [5, 5.41) is 12.7. The van der Waals surface area contributed by atoms with Crippen molar-refractivity contribution in [1.82, 2.24) is 24.9 Å². The summed E-state index contributed by atoms with van der Waals surface area (Å²) in [7, 11) is 3.41. The van der Waals surface area contributed by atoms with Crippen LogP contribution in [0.15, 0.2) is 52.9 Å². The normalized spacial score (nSPS) is 13.2. The fourth-order valence-corrected chi connectivity index (χ4v) is 3.94. The van der Waals surface area contributed by atoms with Gasteiger partial charge in [-0.25, -0.2) is 4.39 Å². The highest BCUT2D eigenvalue weighted by Crippen LogP contribution is 2.32. The third kappa shape index (κ3) is 3.41. The zero-order valence-electron chi connectivity index (χ0n) is 17.6. The summed E-state index contributed by atoms with van der Waals surface area (Å²) in [4.78, 5) is 14.9. The van der Waals surface area contributed by atoms with E-state index in [0.29, 0.717) is 36.5 Å². The van der Waals surface area contributed by atoms with Crippen molar-refractivity contribution in [2.45, 2.75) is 13.0 Å². The molecule has 5 rings (SSSR count). The number of halogens is 1. The molecule has 0 saturated carbocycles. The lowest BCUT2D eigenvalue weighted by Crippen LogP contribution is -2.36. The van der Waals surface area contributed by atoms with Crippen molar-refractivity contribution in [2.75, 3.05) is 13.7 Å². The molecule has 32 heavy (non-hydrogen) atoms. The number of hydrogen-bond donors (Lipinski definition) is 0. The first-order chi connectivity index (χ1) is 15.5. The van der Waals surface area contributed by atoms with E-state index in [0.717, 1.165) is 11.3 Å². The molecule has 1 amide bonds. The van der Waals surface area contributed by atoms with Gasteiger partial charge in [0.1, 0.15) is 11.6 Å². The molecular weight excluding hydrogens is 413 g/mol. The van der Waals surface area contributed by atoms with Gasteiger partial charge in [0.15, 0.2) is 5.69 Å². The molecule has 0 saturated heterocycles. The van der Waals surface area contributed by atoms with Gasteiger partial charge in [-0.2, -0.15) is 5.10 Å². The van der Waals surface area contributed by atoms with Crippen LogP contribution in [-0.2, 0) is 20.0 Å². The lowest BCUT2D eigenvalue weighted by atomic mass is 10.0. The Bertz CT molecular complexity index is 1310. The van der Waals surface area contributed by atoms with Crippen molar-refractivity contribution in [3.63, 3.8) is 0 Å². The Morgan fingerprint density at radius 2 is 1.94 bits per heavy atom. The summed E-state index contributed by atoms with van der Waals surface area (Å²) in [5.74, 6) is 0.360. The highest BCUT2D eigenvalue weighted by molar-refractivity contribution is 5.94. The summed E-state index contributed by atoms with van der Waals surface area (Å²) in [5.41, 5.74) is 3.13. The van der Waals surface area contributed by atoms with Crippen LogP contribution in [-0.4, -0.2) is 44.4 Å². The first kappa shape index (κ1) is 19.9. The molecule has 0 fully saturated rings. The Hall–Kier alpha value is -4.01. The standard InChI is InChI=1S/C23H20FN5O3/c1-28-19-10-11-29(23(30)14-6-5-7-15(12-14)31-2)13-17(19)20(27-28)22-26-25-21(32-22)16-8-3-4-9-18(16)24/h3-9,12H,10-11,13H2,1-2H3. The number of carbonyl (C=O) groups is 1. The molecular formula is C23H20FN5O3. The van der Waals surface area contributed by atoms with Crippen LogP contribution in [0.2, 0.25) is 0 Å². The number of carbonyl (C=O) groups excluding carboxylic acids is 1. The molecule has 9 heteroatoms. The van der Waals surface area contributed by atoms with Crippen LogP contribution in [0.25, 0.3) is 23.0 Å². The van der Waals surface area contributed by atoms with E-state index in [1.54, 1.807) is 59.2 Å².